The molecule has 4 nitrogen and oxygen atoms in total. The van der Waals surface area contributed by atoms with E-state index in [4.69, 9.17) is 0 Å². The molecule has 2 aromatic rings. The van der Waals surface area contributed by atoms with Crippen LogP contribution in [0, 0.1) is 6.92 Å². The lowest BCUT2D eigenvalue weighted by Gasteiger charge is -2.05. The Balaban J connectivity index is 2.44. The Morgan fingerprint density at radius 3 is 2.50 bits per heavy atom. The van der Waals surface area contributed by atoms with Crippen LogP contribution in [0.1, 0.15) is 11.6 Å². The zero-order chi connectivity index (χ0) is 11.8. The third-order valence-electron chi connectivity index (χ3n) is 1.80. The normalized spacial score (nSPS) is 11.8. The first-order valence-electron chi connectivity index (χ1n) is 4.32. The van der Waals surface area contributed by atoms with E-state index in [0.29, 0.717) is 0 Å². The van der Waals surface area contributed by atoms with Gasteiger partial charge in [0, 0.05) is 6.92 Å². The van der Waals surface area contributed by atoms with E-state index in [1.165, 1.54) is 12.1 Å². The Labute approximate surface area is 88.1 Å². The molecule has 0 amide bonds. The van der Waals surface area contributed by atoms with E-state index in [0.717, 1.165) is 6.07 Å². The highest BCUT2D eigenvalue weighted by Gasteiger charge is 2.32. The summed E-state index contributed by atoms with van der Waals surface area (Å²) in [5, 5.41) is 3.49. The summed E-state index contributed by atoms with van der Waals surface area (Å²) in [5.41, 5.74) is -0.945. The molecular weight excluding hydrogens is 223 g/mol. The Morgan fingerprint density at radius 1 is 1.19 bits per heavy atom. The van der Waals surface area contributed by atoms with Gasteiger partial charge in [-0.25, -0.2) is 4.98 Å². The second-order valence-corrected chi connectivity index (χ2v) is 3.04. The van der Waals surface area contributed by atoms with Crippen LogP contribution in [0.25, 0.3) is 11.5 Å². The minimum Gasteiger partial charge on any atom is -0.339 e. The van der Waals surface area contributed by atoms with Gasteiger partial charge in [0.1, 0.15) is 11.4 Å². The molecule has 16 heavy (non-hydrogen) atoms. The summed E-state index contributed by atoms with van der Waals surface area (Å²) in [4.78, 5) is 7.21. The molecule has 0 aromatic carbocycles. The largest absolute Gasteiger partial charge is 0.433 e. The summed E-state index contributed by atoms with van der Waals surface area (Å²) >= 11 is 0. The molecule has 0 aliphatic rings. The van der Waals surface area contributed by atoms with Crippen LogP contribution >= 0.6 is 0 Å². The molecule has 2 heterocycles. The van der Waals surface area contributed by atoms with Crippen LogP contribution in [0.2, 0.25) is 0 Å². The molecule has 2 rings (SSSR count). The van der Waals surface area contributed by atoms with Crippen molar-refractivity contribution in [2.24, 2.45) is 0 Å². The molecule has 0 unspecified atom stereocenters. The van der Waals surface area contributed by atoms with Crippen LogP contribution in [-0.2, 0) is 6.18 Å². The van der Waals surface area contributed by atoms with Crippen molar-refractivity contribution in [1.82, 2.24) is 15.1 Å². The van der Waals surface area contributed by atoms with Crippen molar-refractivity contribution < 1.29 is 17.7 Å². The first kappa shape index (κ1) is 10.6. The SMILES string of the molecule is Cc1nc(-c2cccc(C(F)(F)F)n2)no1. The van der Waals surface area contributed by atoms with Crippen LogP contribution < -0.4 is 0 Å². The summed E-state index contributed by atoms with van der Waals surface area (Å²) in [7, 11) is 0. The monoisotopic (exact) mass is 229 g/mol. The van der Waals surface area contributed by atoms with Crippen LogP contribution in [0.15, 0.2) is 22.7 Å². The molecule has 7 heteroatoms. The number of hydrogen-bond donors (Lipinski definition) is 0. The van der Waals surface area contributed by atoms with Crippen LogP contribution in [-0.4, -0.2) is 15.1 Å². The van der Waals surface area contributed by atoms with E-state index in [-0.39, 0.29) is 17.4 Å². The van der Waals surface area contributed by atoms with Gasteiger partial charge in [-0.05, 0) is 12.1 Å². The number of aromatic nitrogens is 3. The fraction of sp³-hybridized carbons (Fsp3) is 0.222. The van der Waals surface area contributed by atoms with Gasteiger partial charge in [0.2, 0.25) is 11.7 Å². The van der Waals surface area contributed by atoms with Gasteiger partial charge in [-0.3, -0.25) is 0 Å². The molecule has 2 aromatic heterocycles. The van der Waals surface area contributed by atoms with E-state index >= 15 is 0 Å². The summed E-state index contributed by atoms with van der Waals surface area (Å²) in [6, 6.07) is 3.52. The molecule has 0 saturated carbocycles. The van der Waals surface area contributed by atoms with Crippen molar-refractivity contribution in [3.8, 4) is 11.5 Å². The van der Waals surface area contributed by atoms with Gasteiger partial charge in [0.25, 0.3) is 0 Å². The maximum absolute atomic E-state index is 12.4. The van der Waals surface area contributed by atoms with Crippen molar-refractivity contribution in [1.29, 1.82) is 0 Å². The first-order chi connectivity index (χ1) is 7.47. The molecule has 0 aliphatic carbocycles. The molecule has 0 aliphatic heterocycles. The van der Waals surface area contributed by atoms with Gasteiger partial charge in [-0.2, -0.15) is 18.2 Å². The van der Waals surface area contributed by atoms with Crippen molar-refractivity contribution in [2.75, 3.05) is 0 Å². The van der Waals surface area contributed by atoms with Crippen LogP contribution in [0.3, 0.4) is 0 Å². The average Bonchev–Trinajstić information content (AvgIpc) is 2.64. The summed E-state index contributed by atoms with van der Waals surface area (Å²) in [5.74, 6) is 0.317. The minimum atomic E-state index is -4.48. The van der Waals surface area contributed by atoms with E-state index in [1.807, 2.05) is 0 Å². The lowest BCUT2D eigenvalue weighted by atomic mass is 10.3. The van der Waals surface area contributed by atoms with E-state index in [9.17, 15) is 13.2 Å². The molecule has 0 N–H and O–H groups in total. The van der Waals surface area contributed by atoms with Gasteiger partial charge in [-0.15, -0.1) is 0 Å². The minimum absolute atomic E-state index is 0.0340. The molecule has 0 bridgehead atoms. The summed E-state index contributed by atoms with van der Waals surface area (Å²) < 4.78 is 41.7. The van der Waals surface area contributed by atoms with E-state index < -0.39 is 11.9 Å². The zero-order valence-electron chi connectivity index (χ0n) is 8.12. The highest BCUT2D eigenvalue weighted by Crippen LogP contribution is 2.28. The molecule has 0 fully saturated rings. The maximum Gasteiger partial charge on any atom is 0.433 e. The van der Waals surface area contributed by atoms with Gasteiger partial charge < -0.3 is 4.52 Å². The fourth-order valence-electron chi connectivity index (χ4n) is 1.12. The van der Waals surface area contributed by atoms with Crippen molar-refractivity contribution in [3.63, 3.8) is 0 Å². The quantitative estimate of drug-likeness (QED) is 0.753. The number of hydrogen-bond acceptors (Lipinski definition) is 4. The highest BCUT2D eigenvalue weighted by molar-refractivity contribution is 5.48. The number of aryl methyl sites for hydroxylation is 1. The number of halogens is 3. The number of nitrogens with zero attached hydrogens (tertiary/aromatic N) is 3. The second kappa shape index (κ2) is 3.58. The lowest BCUT2D eigenvalue weighted by molar-refractivity contribution is -0.141. The first-order valence-corrected chi connectivity index (χ1v) is 4.32. The number of alkyl halides is 3. The van der Waals surface area contributed by atoms with Crippen molar-refractivity contribution in [2.45, 2.75) is 13.1 Å². The third kappa shape index (κ3) is 2.02. The van der Waals surface area contributed by atoms with Crippen molar-refractivity contribution in [3.05, 3.63) is 29.8 Å². The highest BCUT2D eigenvalue weighted by atomic mass is 19.4. The van der Waals surface area contributed by atoms with E-state index in [1.54, 1.807) is 6.92 Å². The Kier molecular flexibility index (Phi) is 2.37. The van der Waals surface area contributed by atoms with Crippen LogP contribution in [0.4, 0.5) is 13.2 Å². The molecule has 0 radical (unpaired) electrons. The van der Waals surface area contributed by atoms with Crippen molar-refractivity contribution >= 4 is 0 Å². The second-order valence-electron chi connectivity index (χ2n) is 3.04. The van der Waals surface area contributed by atoms with Gasteiger partial charge in [0.05, 0.1) is 0 Å². The summed E-state index contributed by atoms with van der Waals surface area (Å²) in [6.07, 6.45) is -4.48. The number of rotatable bonds is 1. The smallest absolute Gasteiger partial charge is 0.339 e. The van der Waals surface area contributed by atoms with Gasteiger partial charge in [-0.1, -0.05) is 11.2 Å². The lowest BCUT2D eigenvalue weighted by Crippen LogP contribution is -2.08. The Hall–Kier alpha value is -1.92. The molecule has 0 atom stereocenters. The van der Waals surface area contributed by atoms with Gasteiger partial charge in [0.15, 0.2) is 0 Å². The van der Waals surface area contributed by atoms with Gasteiger partial charge >= 0.3 is 6.18 Å². The number of pyridine rings is 1. The molecular formula is C9H6F3N3O. The predicted octanol–water partition coefficient (Wildman–Crippen LogP) is 2.46. The topological polar surface area (TPSA) is 51.8 Å². The molecule has 0 saturated heterocycles. The molecule has 84 valence electrons. The third-order valence-corrected chi connectivity index (χ3v) is 1.80. The standard InChI is InChI=1S/C9H6F3N3O/c1-5-13-8(15-16-5)6-3-2-4-7(14-6)9(10,11)12/h2-4H,1H3. The summed E-state index contributed by atoms with van der Waals surface area (Å²) in [6.45, 7) is 1.55. The van der Waals surface area contributed by atoms with E-state index in [2.05, 4.69) is 19.6 Å². The maximum atomic E-state index is 12.4. The predicted molar refractivity (Wildman–Crippen MR) is 47.3 cm³/mol. The average molecular weight is 229 g/mol. The molecule has 0 spiro atoms. The fourth-order valence-corrected chi connectivity index (χ4v) is 1.12. The van der Waals surface area contributed by atoms with Crippen LogP contribution in [0.5, 0.6) is 0 Å². The Bertz CT molecular complexity index is 507. The zero-order valence-corrected chi connectivity index (χ0v) is 8.12. The Morgan fingerprint density at radius 2 is 1.94 bits per heavy atom.